The van der Waals surface area contributed by atoms with Crippen molar-refractivity contribution in [1.29, 1.82) is 0 Å². The second-order valence-electron chi connectivity index (χ2n) is 5.93. The topological polar surface area (TPSA) is 60.0 Å². The lowest BCUT2D eigenvalue weighted by molar-refractivity contribution is -0.117. The molecule has 0 saturated carbocycles. The summed E-state index contributed by atoms with van der Waals surface area (Å²) in [6, 6.07) is 13.2. The average molecular weight is 342 g/mol. The van der Waals surface area contributed by atoms with Crippen LogP contribution in [-0.4, -0.2) is 44.7 Å². The molecule has 2 aromatic rings. The molecule has 2 aromatic carbocycles. The SMILES string of the molecule is COc1cccc(NC(=O)CN(C)Cc2ccc3c(c2)OCCO3)c1. The summed E-state index contributed by atoms with van der Waals surface area (Å²) in [5.41, 5.74) is 1.79. The van der Waals surface area contributed by atoms with E-state index in [0.29, 0.717) is 25.5 Å². The molecule has 0 spiro atoms. The number of hydrogen-bond donors (Lipinski definition) is 1. The molecule has 0 saturated heterocycles. The minimum atomic E-state index is -0.0757. The second kappa shape index (κ2) is 7.90. The predicted octanol–water partition coefficient (Wildman–Crippen LogP) is 2.54. The van der Waals surface area contributed by atoms with Crippen molar-refractivity contribution < 1.29 is 19.0 Å². The normalized spacial score (nSPS) is 12.8. The predicted molar refractivity (Wildman–Crippen MR) is 95.4 cm³/mol. The van der Waals surface area contributed by atoms with Crippen LogP contribution in [0.15, 0.2) is 42.5 Å². The van der Waals surface area contributed by atoms with Crippen LogP contribution in [-0.2, 0) is 11.3 Å². The van der Waals surface area contributed by atoms with Gasteiger partial charge in [-0.2, -0.15) is 0 Å². The number of methoxy groups -OCH3 is 1. The van der Waals surface area contributed by atoms with E-state index in [-0.39, 0.29) is 12.5 Å². The summed E-state index contributed by atoms with van der Waals surface area (Å²) >= 11 is 0. The van der Waals surface area contributed by atoms with E-state index in [1.165, 1.54) is 0 Å². The molecular formula is C19H22N2O4. The first-order valence-electron chi connectivity index (χ1n) is 8.15. The number of anilines is 1. The molecule has 132 valence electrons. The molecular weight excluding hydrogens is 320 g/mol. The average Bonchev–Trinajstić information content (AvgIpc) is 2.61. The molecule has 0 radical (unpaired) electrons. The van der Waals surface area contributed by atoms with Gasteiger partial charge in [0.2, 0.25) is 5.91 Å². The lowest BCUT2D eigenvalue weighted by atomic mass is 10.2. The summed E-state index contributed by atoms with van der Waals surface area (Å²) in [5, 5.41) is 2.88. The fourth-order valence-corrected chi connectivity index (χ4v) is 2.70. The number of carbonyl (C=O) groups excluding carboxylic acids is 1. The monoisotopic (exact) mass is 342 g/mol. The number of nitrogens with zero attached hydrogens (tertiary/aromatic N) is 1. The zero-order valence-electron chi connectivity index (χ0n) is 14.5. The third kappa shape index (κ3) is 4.64. The van der Waals surface area contributed by atoms with Crippen molar-refractivity contribution in [1.82, 2.24) is 4.90 Å². The van der Waals surface area contributed by atoms with Crippen LogP contribution in [0.25, 0.3) is 0 Å². The summed E-state index contributed by atoms with van der Waals surface area (Å²) in [7, 11) is 3.50. The smallest absolute Gasteiger partial charge is 0.238 e. The van der Waals surface area contributed by atoms with Crippen molar-refractivity contribution in [2.75, 3.05) is 39.2 Å². The van der Waals surface area contributed by atoms with Crippen molar-refractivity contribution in [2.45, 2.75) is 6.54 Å². The number of hydrogen-bond acceptors (Lipinski definition) is 5. The van der Waals surface area contributed by atoms with Crippen LogP contribution in [0.2, 0.25) is 0 Å². The van der Waals surface area contributed by atoms with E-state index in [0.717, 1.165) is 22.7 Å². The fourth-order valence-electron chi connectivity index (χ4n) is 2.70. The molecule has 0 aromatic heterocycles. The van der Waals surface area contributed by atoms with E-state index in [9.17, 15) is 4.79 Å². The van der Waals surface area contributed by atoms with E-state index in [1.807, 2.05) is 48.3 Å². The molecule has 0 bridgehead atoms. The Balaban J connectivity index is 1.54. The van der Waals surface area contributed by atoms with Gasteiger partial charge in [-0.1, -0.05) is 12.1 Å². The minimum Gasteiger partial charge on any atom is -0.497 e. The maximum absolute atomic E-state index is 12.2. The quantitative estimate of drug-likeness (QED) is 0.874. The van der Waals surface area contributed by atoms with E-state index in [2.05, 4.69) is 5.32 Å². The van der Waals surface area contributed by atoms with E-state index >= 15 is 0 Å². The standard InChI is InChI=1S/C19H22N2O4/c1-21(12-14-6-7-17-18(10-14)25-9-8-24-17)13-19(22)20-15-4-3-5-16(11-15)23-2/h3-7,10-11H,8-9,12-13H2,1-2H3,(H,20,22). The van der Waals surface area contributed by atoms with Crippen molar-refractivity contribution in [3.05, 3.63) is 48.0 Å². The Kier molecular flexibility index (Phi) is 5.40. The van der Waals surface area contributed by atoms with Gasteiger partial charge < -0.3 is 19.5 Å². The largest absolute Gasteiger partial charge is 0.497 e. The maximum Gasteiger partial charge on any atom is 0.238 e. The maximum atomic E-state index is 12.2. The lowest BCUT2D eigenvalue weighted by Gasteiger charge is -2.21. The molecule has 0 unspecified atom stereocenters. The molecule has 1 heterocycles. The van der Waals surface area contributed by atoms with Crippen LogP contribution in [0.5, 0.6) is 17.2 Å². The third-order valence-electron chi connectivity index (χ3n) is 3.83. The molecule has 1 aliphatic heterocycles. The number of rotatable bonds is 6. The molecule has 0 fully saturated rings. The Labute approximate surface area is 147 Å². The highest BCUT2D eigenvalue weighted by Crippen LogP contribution is 2.31. The van der Waals surface area contributed by atoms with Gasteiger partial charge in [0.05, 0.1) is 13.7 Å². The summed E-state index contributed by atoms with van der Waals surface area (Å²) in [4.78, 5) is 14.2. The summed E-state index contributed by atoms with van der Waals surface area (Å²) in [5.74, 6) is 2.17. The van der Waals surface area contributed by atoms with Gasteiger partial charge in [0.1, 0.15) is 19.0 Å². The number of likely N-dealkylation sites (N-methyl/N-ethyl adjacent to an activating group) is 1. The first-order valence-corrected chi connectivity index (χ1v) is 8.15. The first-order chi connectivity index (χ1) is 12.1. The van der Waals surface area contributed by atoms with Crippen LogP contribution >= 0.6 is 0 Å². The van der Waals surface area contributed by atoms with E-state index < -0.39 is 0 Å². The van der Waals surface area contributed by atoms with Gasteiger partial charge in [0.25, 0.3) is 0 Å². The fraction of sp³-hybridized carbons (Fsp3) is 0.316. The molecule has 1 amide bonds. The number of fused-ring (bicyclic) bond motifs is 1. The van der Waals surface area contributed by atoms with Gasteiger partial charge in [-0.05, 0) is 36.9 Å². The summed E-state index contributed by atoms with van der Waals surface area (Å²) in [6.07, 6.45) is 0. The van der Waals surface area contributed by atoms with Crippen LogP contribution in [0.4, 0.5) is 5.69 Å². The molecule has 0 atom stereocenters. The van der Waals surface area contributed by atoms with Gasteiger partial charge in [-0.25, -0.2) is 0 Å². The highest BCUT2D eigenvalue weighted by Gasteiger charge is 2.13. The third-order valence-corrected chi connectivity index (χ3v) is 3.83. The van der Waals surface area contributed by atoms with Crippen LogP contribution in [0, 0.1) is 0 Å². The number of benzene rings is 2. The molecule has 0 aliphatic carbocycles. The van der Waals surface area contributed by atoms with Gasteiger partial charge >= 0.3 is 0 Å². The number of nitrogens with one attached hydrogen (secondary N) is 1. The second-order valence-corrected chi connectivity index (χ2v) is 5.93. The molecule has 3 rings (SSSR count). The van der Waals surface area contributed by atoms with E-state index in [4.69, 9.17) is 14.2 Å². The van der Waals surface area contributed by atoms with Crippen molar-refractivity contribution >= 4 is 11.6 Å². The molecule has 6 nitrogen and oxygen atoms in total. The first kappa shape index (κ1) is 17.1. The van der Waals surface area contributed by atoms with Gasteiger partial charge in [0, 0.05) is 18.3 Å². The Morgan fingerprint density at radius 2 is 1.96 bits per heavy atom. The molecule has 1 N–H and O–H groups in total. The highest BCUT2D eigenvalue weighted by molar-refractivity contribution is 5.92. The Morgan fingerprint density at radius 3 is 2.76 bits per heavy atom. The number of carbonyl (C=O) groups is 1. The molecule has 6 heteroatoms. The van der Waals surface area contributed by atoms with Crippen LogP contribution < -0.4 is 19.5 Å². The van der Waals surface area contributed by atoms with Crippen molar-refractivity contribution in [3.63, 3.8) is 0 Å². The zero-order valence-corrected chi connectivity index (χ0v) is 14.5. The zero-order chi connectivity index (χ0) is 17.6. The number of ether oxygens (including phenoxy) is 3. The van der Waals surface area contributed by atoms with Gasteiger partial charge in [0.15, 0.2) is 11.5 Å². The van der Waals surface area contributed by atoms with Crippen molar-refractivity contribution in [3.8, 4) is 17.2 Å². The van der Waals surface area contributed by atoms with Gasteiger partial charge in [-0.3, -0.25) is 9.69 Å². The highest BCUT2D eigenvalue weighted by atomic mass is 16.6. The van der Waals surface area contributed by atoms with E-state index in [1.54, 1.807) is 13.2 Å². The Hall–Kier alpha value is -2.73. The van der Waals surface area contributed by atoms with Crippen LogP contribution in [0.1, 0.15) is 5.56 Å². The molecule has 25 heavy (non-hydrogen) atoms. The van der Waals surface area contributed by atoms with Gasteiger partial charge in [-0.15, -0.1) is 0 Å². The minimum absolute atomic E-state index is 0.0757. The van der Waals surface area contributed by atoms with Crippen molar-refractivity contribution in [2.24, 2.45) is 0 Å². The lowest BCUT2D eigenvalue weighted by Crippen LogP contribution is -2.29. The van der Waals surface area contributed by atoms with Crippen LogP contribution in [0.3, 0.4) is 0 Å². The summed E-state index contributed by atoms with van der Waals surface area (Å²) < 4.78 is 16.3. The Bertz CT molecular complexity index is 748. The summed E-state index contributed by atoms with van der Waals surface area (Å²) in [6.45, 7) is 2.07. The Morgan fingerprint density at radius 1 is 1.16 bits per heavy atom. The number of amides is 1. The molecule has 1 aliphatic rings.